The molecule has 0 bridgehead atoms. The Morgan fingerprint density at radius 2 is 1.94 bits per heavy atom. The van der Waals surface area contributed by atoms with Gasteiger partial charge in [-0.15, -0.1) is 0 Å². The van der Waals surface area contributed by atoms with Crippen LogP contribution in [-0.2, 0) is 0 Å². The van der Waals surface area contributed by atoms with Gasteiger partial charge in [0, 0.05) is 18.6 Å². The predicted molar refractivity (Wildman–Crippen MR) is 68.7 cm³/mol. The van der Waals surface area contributed by atoms with Crippen LogP contribution in [0.1, 0.15) is 26.2 Å². The van der Waals surface area contributed by atoms with Crippen molar-refractivity contribution in [1.82, 2.24) is 15.1 Å². The molecular formula is C13H27N3. The number of likely N-dealkylation sites (N-methyl/N-ethyl adjacent to an activating group) is 1. The molecule has 2 saturated heterocycles. The molecule has 0 aromatic carbocycles. The Bertz CT molecular complexity index is 211. The molecule has 0 radical (unpaired) electrons. The van der Waals surface area contributed by atoms with E-state index in [1.165, 1.54) is 45.4 Å². The first kappa shape index (κ1) is 12.3. The largest absolute Gasteiger partial charge is 0.315 e. The van der Waals surface area contributed by atoms with Crippen LogP contribution in [0.2, 0.25) is 0 Å². The molecule has 2 aliphatic rings. The highest BCUT2D eigenvalue weighted by molar-refractivity contribution is 4.90. The second kappa shape index (κ2) is 5.48. The predicted octanol–water partition coefficient (Wildman–Crippen LogP) is 1.01. The van der Waals surface area contributed by atoms with Gasteiger partial charge in [0.1, 0.15) is 0 Å². The third-order valence-corrected chi connectivity index (χ3v) is 4.62. The van der Waals surface area contributed by atoms with Crippen LogP contribution < -0.4 is 5.32 Å². The van der Waals surface area contributed by atoms with Gasteiger partial charge < -0.3 is 10.2 Å². The monoisotopic (exact) mass is 225 g/mol. The molecule has 0 aliphatic carbocycles. The van der Waals surface area contributed by atoms with E-state index in [1.807, 2.05) is 0 Å². The fourth-order valence-electron chi connectivity index (χ4n) is 3.29. The van der Waals surface area contributed by atoms with Crippen LogP contribution in [0.15, 0.2) is 0 Å². The van der Waals surface area contributed by atoms with E-state index in [2.05, 4.69) is 36.1 Å². The van der Waals surface area contributed by atoms with Gasteiger partial charge >= 0.3 is 0 Å². The van der Waals surface area contributed by atoms with E-state index >= 15 is 0 Å². The zero-order valence-electron chi connectivity index (χ0n) is 11.1. The number of rotatable bonds is 3. The van der Waals surface area contributed by atoms with Crippen LogP contribution in [-0.4, -0.2) is 62.2 Å². The van der Waals surface area contributed by atoms with E-state index in [4.69, 9.17) is 0 Å². The Balaban J connectivity index is 1.88. The summed E-state index contributed by atoms with van der Waals surface area (Å²) in [5.74, 6) is 0.865. The van der Waals surface area contributed by atoms with Gasteiger partial charge in [-0.1, -0.05) is 13.3 Å². The zero-order chi connectivity index (χ0) is 11.5. The minimum Gasteiger partial charge on any atom is -0.315 e. The summed E-state index contributed by atoms with van der Waals surface area (Å²) in [5, 5.41) is 3.55. The SMILES string of the molecule is CCC1CNCC1N(C)C1CCN(C)CC1. The Morgan fingerprint density at radius 1 is 1.25 bits per heavy atom. The van der Waals surface area contributed by atoms with Crippen LogP contribution in [0.5, 0.6) is 0 Å². The molecule has 2 fully saturated rings. The van der Waals surface area contributed by atoms with Crippen LogP contribution >= 0.6 is 0 Å². The third-order valence-electron chi connectivity index (χ3n) is 4.62. The average molecular weight is 225 g/mol. The first-order chi connectivity index (χ1) is 7.72. The van der Waals surface area contributed by atoms with Gasteiger partial charge in [-0.3, -0.25) is 4.90 Å². The zero-order valence-corrected chi connectivity index (χ0v) is 11.1. The lowest BCUT2D eigenvalue weighted by Gasteiger charge is -2.39. The molecule has 0 spiro atoms. The van der Waals surface area contributed by atoms with Gasteiger partial charge in [-0.2, -0.15) is 0 Å². The number of nitrogens with one attached hydrogen (secondary N) is 1. The van der Waals surface area contributed by atoms with Crippen LogP contribution in [0, 0.1) is 5.92 Å². The second-order valence-electron chi connectivity index (χ2n) is 5.59. The van der Waals surface area contributed by atoms with E-state index in [0.717, 1.165) is 18.0 Å². The van der Waals surface area contributed by atoms with Crippen LogP contribution in [0.3, 0.4) is 0 Å². The van der Waals surface area contributed by atoms with Crippen molar-refractivity contribution in [2.45, 2.75) is 38.3 Å². The van der Waals surface area contributed by atoms with E-state index in [9.17, 15) is 0 Å². The maximum Gasteiger partial charge on any atom is 0.0260 e. The lowest BCUT2D eigenvalue weighted by molar-refractivity contribution is 0.0948. The van der Waals surface area contributed by atoms with Crippen molar-refractivity contribution < 1.29 is 0 Å². The van der Waals surface area contributed by atoms with Gasteiger partial charge in [0.2, 0.25) is 0 Å². The molecule has 2 rings (SSSR count). The third kappa shape index (κ3) is 2.58. The smallest absolute Gasteiger partial charge is 0.0260 e. The van der Waals surface area contributed by atoms with Crippen molar-refractivity contribution in [3.8, 4) is 0 Å². The molecule has 0 saturated carbocycles. The van der Waals surface area contributed by atoms with Crippen molar-refractivity contribution in [3.63, 3.8) is 0 Å². The molecule has 2 aliphatic heterocycles. The van der Waals surface area contributed by atoms with Gasteiger partial charge in [-0.05, 0) is 52.5 Å². The summed E-state index contributed by atoms with van der Waals surface area (Å²) in [5.41, 5.74) is 0. The maximum atomic E-state index is 3.55. The molecule has 2 heterocycles. The first-order valence-corrected chi connectivity index (χ1v) is 6.83. The molecule has 2 unspecified atom stereocenters. The Hall–Kier alpha value is -0.120. The lowest BCUT2D eigenvalue weighted by Crippen LogP contribution is -2.48. The summed E-state index contributed by atoms with van der Waals surface area (Å²) in [6.45, 7) is 7.28. The number of likely N-dealkylation sites (tertiary alicyclic amines) is 1. The first-order valence-electron chi connectivity index (χ1n) is 6.83. The number of hydrogen-bond acceptors (Lipinski definition) is 3. The van der Waals surface area contributed by atoms with Gasteiger partial charge in [0.05, 0.1) is 0 Å². The molecule has 0 aromatic heterocycles. The standard InChI is InChI=1S/C13H27N3/c1-4-11-9-14-10-13(11)16(3)12-5-7-15(2)8-6-12/h11-14H,4-10H2,1-3H3. The summed E-state index contributed by atoms with van der Waals surface area (Å²) in [4.78, 5) is 5.12. The minimum atomic E-state index is 0.776. The average Bonchev–Trinajstić information content (AvgIpc) is 2.77. The van der Waals surface area contributed by atoms with Crippen molar-refractivity contribution in [1.29, 1.82) is 0 Å². The summed E-state index contributed by atoms with van der Waals surface area (Å²) >= 11 is 0. The summed E-state index contributed by atoms with van der Waals surface area (Å²) in [7, 11) is 4.58. The van der Waals surface area contributed by atoms with E-state index < -0.39 is 0 Å². The molecular weight excluding hydrogens is 198 g/mol. The number of nitrogens with zero attached hydrogens (tertiary/aromatic N) is 2. The van der Waals surface area contributed by atoms with Crippen molar-refractivity contribution in [2.24, 2.45) is 5.92 Å². The molecule has 0 aromatic rings. The minimum absolute atomic E-state index is 0.776. The van der Waals surface area contributed by atoms with E-state index in [0.29, 0.717) is 0 Å². The van der Waals surface area contributed by atoms with Gasteiger partial charge in [0.15, 0.2) is 0 Å². The maximum absolute atomic E-state index is 3.55. The van der Waals surface area contributed by atoms with E-state index in [1.54, 1.807) is 0 Å². The van der Waals surface area contributed by atoms with Crippen LogP contribution in [0.25, 0.3) is 0 Å². The van der Waals surface area contributed by atoms with Gasteiger partial charge in [-0.25, -0.2) is 0 Å². The second-order valence-corrected chi connectivity index (χ2v) is 5.59. The molecule has 16 heavy (non-hydrogen) atoms. The highest BCUT2D eigenvalue weighted by Crippen LogP contribution is 2.23. The topological polar surface area (TPSA) is 18.5 Å². The molecule has 2 atom stereocenters. The summed E-state index contributed by atoms with van der Waals surface area (Å²) in [6.07, 6.45) is 4.01. The normalized spacial score (nSPS) is 33.8. The Labute approximate surface area is 100 Å². The highest BCUT2D eigenvalue weighted by atomic mass is 15.2. The van der Waals surface area contributed by atoms with Crippen LogP contribution in [0.4, 0.5) is 0 Å². The Kier molecular flexibility index (Phi) is 4.22. The summed E-state index contributed by atoms with van der Waals surface area (Å²) < 4.78 is 0. The summed E-state index contributed by atoms with van der Waals surface area (Å²) in [6, 6.07) is 1.59. The Morgan fingerprint density at radius 3 is 2.56 bits per heavy atom. The molecule has 0 amide bonds. The fraction of sp³-hybridized carbons (Fsp3) is 1.00. The quantitative estimate of drug-likeness (QED) is 0.773. The van der Waals surface area contributed by atoms with Crippen molar-refractivity contribution >= 4 is 0 Å². The van der Waals surface area contributed by atoms with E-state index in [-0.39, 0.29) is 0 Å². The molecule has 1 N–H and O–H groups in total. The number of hydrogen-bond donors (Lipinski definition) is 1. The number of piperidine rings is 1. The lowest BCUT2D eigenvalue weighted by atomic mass is 9.95. The van der Waals surface area contributed by atoms with Crippen molar-refractivity contribution in [3.05, 3.63) is 0 Å². The fourth-order valence-corrected chi connectivity index (χ4v) is 3.29. The van der Waals surface area contributed by atoms with Crippen molar-refractivity contribution in [2.75, 3.05) is 40.3 Å². The molecule has 3 nitrogen and oxygen atoms in total. The molecule has 94 valence electrons. The van der Waals surface area contributed by atoms with Gasteiger partial charge in [0.25, 0.3) is 0 Å². The molecule has 3 heteroatoms. The highest BCUT2D eigenvalue weighted by Gasteiger charge is 2.33.